The van der Waals surface area contributed by atoms with Gasteiger partial charge in [0.1, 0.15) is 34.9 Å². The van der Waals surface area contributed by atoms with E-state index >= 15 is 0 Å². The lowest BCUT2D eigenvalue weighted by molar-refractivity contribution is -0.160. The van der Waals surface area contributed by atoms with Gasteiger partial charge in [0.2, 0.25) is 5.91 Å². The van der Waals surface area contributed by atoms with E-state index in [9.17, 15) is 28.8 Å². The van der Waals surface area contributed by atoms with Crippen LogP contribution in [0.15, 0.2) is 0 Å². The van der Waals surface area contributed by atoms with E-state index in [-0.39, 0.29) is 19.3 Å². The Bertz CT molecular complexity index is 977. The molecule has 0 radical (unpaired) electrons. The number of hydrogen-bond donors (Lipinski definition) is 4. The lowest BCUT2D eigenvalue weighted by atomic mass is 10.1. The summed E-state index contributed by atoms with van der Waals surface area (Å²) in [6.07, 6.45) is 2.89. The van der Waals surface area contributed by atoms with Crippen molar-refractivity contribution in [2.75, 3.05) is 0 Å². The predicted molar refractivity (Wildman–Crippen MR) is 164 cm³/mol. The third-order valence-electron chi connectivity index (χ3n) is 5.67. The lowest BCUT2D eigenvalue weighted by Crippen LogP contribution is -2.53. The van der Waals surface area contributed by atoms with Crippen LogP contribution in [0.25, 0.3) is 0 Å². The SMILES string of the molecule is CCCCCCC(NC(=O)CCC(NC(=O)NC(CCC(=O)O)C(=O)OC(C)(C)C)C(=O)OC(C)(C)C)C(=O)OC(C)(C)C. The molecule has 254 valence electrons. The fourth-order valence-electron chi connectivity index (χ4n) is 3.81. The first-order chi connectivity index (χ1) is 20.0. The molecular weight excluding hydrogens is 574 g/mol. The van der Waals surface area contributed by atoms with Gasteiger partial charge in [-0.2, -0.15) is 0 Å². The van der Waals surface area contributed by atoms with E-state index in [1.165, 1.54) is 0 Å². The number of ether oxygens (including phenoxy) is 3. The Labute approximate surface area is 261 Å². The molecule has 0 aliphatic carbocycles. The van der Waals surface area contributed by atoms with E-state index in [0.717, 1.165) is 19.3 Å². The summed E-state index contributed by atoms with van der Waals surface area (Å²) in [4.78, 5) is 75.4. The van der Waals surface area contributed by atoms with Gasteiger partial charge >= 0.3 is 29.9 Å². The van der Waals surface area contributed by atoms with Gasteiger partial charge < -0.3 is 35.3 Å². The van der Waals surface area contributed by atoms with Crippen molar-refractivity contribution in [3.05, 3.63) is 0 Å². The summed E-state index contributed by atoms with van der Waals surface area (Å²) in [5, 5.41) is 16.6. The maximum absolute atomic E-state index is 13.0. The van der Waals surface area contributed by atoms with Crippen molar-refractivity contribution < 1.29 is 48.1 Å². The summed E-state index contributed by atoms with van der Waals surface area (Å²) in [6, 6.07) is -4.44. The molecule has 44 heavy (non-hydrogen) atoms. The standard InChI is InChI=1S/C31H55N3O10/c1-11-12-13-14-15-20(25(38)42-29(2,3)4)32-23(35)18-16-21(26(39)43-30(5,6)7)33-28(41)34-22(17-19-24(36)37)27(40)44-31(8,9)10/h20-22H,11-19H2,1-10H3,(H,32,35)(H,36,37)(H2,33,34,41). The van der Waals surface area contributed by atoms with Crippen LogP contribution in [0.1, 0.15) is 127 Å². The maximum Gasteiger partial charge on any atom is 0.329 e. The van der Waals surface area contributed by atoms with Crippen LogP contribution in [-0.4, -0.2) is 75.9 Å². The highest BCUT2D eigenvalue weighted by atomic mass is 16.6. The highest BCUT2D eigenvalue weighted by Gasteiger charge is 2.32. The van der Waals surface area contributed by atoms with Gasteiger partial charge in [0.25, 0.3) is 0 Å². The monoisotopic (exact) mass is 629 g/mol. The van der Waals surface area contributed by atoms with E-state index in [4.69, 9.17) is 19.3 Å². The summed E-state index contributed by atoms with van der Waals surface area (Å²) in [5.74, 6) is -3.91. The average molecular weight is 630 g/mol. The molecule has 0 aromatic heterocycles. The number of carboxylic acid groups (broad SMARTS) is 1. The van der Waals surface area contributed by atoms with Gasteiger partial charge in [-0.1, -0.05) is 32.6 Å². The summed E-state index contributed by atoms with van der Waals surface area (Å²) < 4.78 is 16.2. The van der Waals surface area contributed by atoms with Crippen LogP contribution in [0.4, 0.5) is 4.79 Å². The zero-order chi connectivity index (χ0) is 34.3. The van der Waals surface area contributed by atoms with Gasteiger partial charge in [0, 0.05) is 12.8 Å². The average Bonchev–Trinajstić information content (AvgIpc) is 2.82. The van der Waals surface area contributed by atoms with Crippen LogP contribution in [0.5, 0.6) is 0 Å². The molecule has 0 aliphatic rings. The largest absolute Gasteiger partial charge is 0.481 e. The molecule has 0 saturated carbocycles. The minimum atomic E-state index is -1.31. The number of carboxylic acids is 1. The van der Waals surface area contributed by atoms with E-state index in [2.05, 4.69) is 22.9 Å². The number of amides is 3. The van der Waals surface area contributed by atoms with Crippen molar-refractivity contribution in [1.82, 2.24) is 16.0 Å². The number of urea groups is 1. The molecule has 0 heterocycles. The molecule has 3 atom stereocenters. The molecule has 0 bridgehead atoms. The lowest BCUT2D eigenvalue weighted by Gasteiger charge is -2.27. The van der Waals surface area contributed by atoms with Crippen LogP contribution in [0.2, 0.25) is 0 Å². The highest BCUT2D eigenvalue weighted by Crippen LogP contribution is 2.15. The minimum absolute atomic E-state index is 0.183. The first-order valence-corrected chi connectivity index (χ1v) is 15.3. The second-order valence-corrected chi connectivity index (χ2v) is 13.8. The fraction of sp³-hybridized carbons (Fsp3) is 0.806. The second-order valence-electron chi connectivity index (χ2n) is 13.8. The van der Waals surface area contributed by atoms with Crippen molar-refractivity contribution in [2.24, 2.45) is 0 Å². The van der Waals surface area contributed by atoms with Crippen LogP contribution in [0, 0.1) is 0 Å². The molecular formula is C31H55N3O10. The number of aliphatic carboxylic acids is 1. The van der Waals surface area contributed by atoms with Gasteiger partial charge in [0.15, 0.2) is 0 Å². The van der Waals surface area contributed by atoms with Crippen molar-refractivity contribution >= 4 is 35.8 Å². The number of nitrogens with one attached hydrogen (secondary N) is 3. The number of carbonyl (C=O) groups excluding carboxylic acids is 5. The predicted octanol–water partition coefficient (Wildman–Crippen LogP) is 4.15. The normalized spacial score (nSPS) is 14.0. The molecule has 3 unspecified atom stereocenters. The zero-order valence-electron chi connectivity index (χ0n) is 28.2. The quantitative estimate of drug-likeness (QED) is 0.103. The van der Waals surface area contributed by atoms with E-state index in [1.807, 2.05) is 0 Å². The number of hydrogen-bond acceptors (Lipinski definition) is 9. The first kappa shape index (κ1) is 40.6. The van der Waals surface area contributed by atoms with E-state index < -0.39 is 77.2 Å². The van der Waals surface area contributed by atoms with Gasteiger partial charge in [-0.05, 0) is 81.6 Å². The molecule has 0 spiro atoms. The smallest absolute Gasteiger partial charge is 0.329 e. The van der Waals surface area contributed by atoms with Gasteiger partial charge in [-0.15, -0.1) is 0 Å². The highest BCUT2D eigenvalue weighted by molar-refractivity contribution is 5.88. The first-order valence-electron chi connectivity index (χ1n) is 15.3. The summed E-state index contributed by atoms with van der Waals surface area (Å²) in [6.45, 7) is 17.1. The Hall–Kier alpha value is -3.38. The van der Waals surface area contributed by atoms with Gasteiger partial charge in [-0.3, -0.25) is 9.59 Å². The fourth-order valence-corrected chi connectivity index (χ4v) is 3.81. The number of rotatable bonds is 17. The van der Waals surface area contributed by atoms with Crippen LogP contribution >= 0.6 is 0 Å². The van der Waals surface area contributed by atoms with Crippen molar-refractivity contribution in [3.63, 3.8) is 0 Å². The summed E-state index contributed by atoms with van der Waals surface area (Å²) in [7, 11) is 0. The molecule has 0 rings (SSSR count). The number of esters is 3. The van der Waals surface area contributed by atoms with Crippen LogP contribution in [0.3, 0.4) is 0 Å². The molecule has 3 amide bonds. The zero-order valence-corrected chi connectivity index (χ0v) is 28.2. The Kier molecular flexibility index (Phi) is 17.0. The molecule has 0 aromatic rings. The summed E-state index contributed by atoms with van der Waals surface area (Å²) in [5.41, 5.74) is -2.54. The Morgan fingerprint density at radius 1 is 0.568 bits per heavy atom. The molecule has 13 heteroatoms. The Balaban J connectivity index is 5.69. The molecule has 13 nitrogen and oxygen atoms in total. The third kappa shape index (κ3) is 20.5. The second kappa shape index (κ2) is 18.4. The maximum atomic E-state index is 13.0. The van der Waals surface area contributed by atoms with Crippen LogP contribution in [-0.2, 0) is 38.2 Å². The molecule has 0 fully saturated rings. The topological polar surface area (TPSA) is 186 Å². The van der Waals surface area contributed by atoms with Crippen molar-refractivity contribution in [3.8, 4) is 0 Å². The Morgan fingerprint density at radius 2 is 0.955 bits per heavy atom. The van der Waals surface area contributed by atoms with Crippen molar-refractivity contribution in [1.29, 1.82) is 0 Å². The molecule has 0 saturated heterocycles. The number of carbonyl (C=O) groups is 6. The summed E-state index contributed by atoms with van der Waals surface area (Å²) >= 11 is 0. The van der Waals surface area contributed by atoms with Crippen LogP contribution < -0.4 is 16.0 Å². The molecule has 0 aliphatic heterocycles. The molecule has 4 N–H and O–H groups in total. The van der Waals surface area contributed by atoms with E-state index in [1.54, 1.807) is 62.3 Å². The number of unbranched alkanes of at least 4 members (excludes halogenated alkanes) is 3. The van der Waals surface area contributed by atoms with Gasteiger partial charge in [0.05, 0.1) is 0 Å². The Morgan fingerprint density at radius 3 is 1.32 bits per heavy atom. The minimum Gasteiger partial charge on any atom is -0.481 e. The third-order valence-corrected chi connectivity index (χ3v) is 5.67. The van der Waals surface area contributed by atoms with Crippen molar-refractivity contribution in [2.45, 2.75) is 162 Å². The van der Waals surface area contributed by atoms with Gasteiger partial charge in [-0.25, -0.2) is 19.2 Å². The molecule has 0 aromatic carbocycles. The van der Waals surface area contributed by atoms with E-state index in [0.29, 0.717) is 12.8 Å².